The van der Waals surface area contributed by atoms with Gasteiger partial charge in [0.1, 0.15) is 0 Å². The molecule has 21 aromatic carbocycles. The molecule has 0 fully saturated rings. The Balaban J connectivity index is 0.000000107. The molecular weight excluding hydrogens is 1780 g/mol. The summed E-state index contributed by atoms with van der Waals surface area (Å²) in [4.78, 5) is 45.2. The van der Waals surface area contributed by atoms with Gasteiger partial charge in [-0.3, -0.25) is 9.13 Å². The lowest BCUT2D eigenvalue weighted by molar-refractivity contribution is 0.953. The lowest BCUT2D eigenvalue weighted by atomic mass is 10.0. The van der Waals surface area contributed by atoms with Gasteiger partial charge in [-0.2, -0.15) is 19.9 Å². The number of benzene rings is 21. The SMILES string of the molecule is c1ccc(-c2nc(-c3ccccc3)nc(-c3ccc4cc(-n5c6ccccc6c6cc7c8ccccc8n(-c8ccccc8)c7cc65)ccc4c3)n2)cc1.c1ccc(-c2nc(-c3ccccc3)nc(-n3c4ccccc4c4cc5c6c7ccccc7ccc6n(-c6ccccc6)c5cc43)n2)cc1.c1ccc(-c2nc(-c3ccccc3)nc(-n3c4ccccc4c4cc5c6ccccc6n(-c6ccccc6)c5cc43)n2)cc1. The molecular formula is C131H83N15. The van der Waals surface area contributed by atoms with Gasteiger partial charge in [0.2, 0.25) is 11.9 Å². The zero-order valence-corrected chi connectivity index (χ0v) is 78.6. The first-order chi connectivity index (χ1) is 72.4. The minimum absolute atomic E-state index is 0.584. The van der Waals surface area contributed by atoms with E-state index in [1.165, 1.54) is 87.0 Å². The van der Waals surface area contributed by atoms with E-state index in [2.05, 4.69) is 349 Å². The van der Waals surface area contributed by atoms with Crippen LogP contribution in [0.2, 0.25) is 0 Å². The van der Waals surface area contributed by atoms with Crippen molar-refractivity contribution in [3.63, 3.8) is 0 Å². The Morgan fingerprint density at radius 1 is 0.116 bits per heavy atom. The van der Waals surface area contributed by atoms with Crippen molar-refractivity contribution in [2.24, 2.45) is 0 Å². The molecule has 0 saturated heterocycles. The number of hydrogen-bond donors (Lipinski definition) is 0. The second kappa shape index (κ2) is 35.1. The van der Waals surface area contributed by atoms with E-state index in [9.17, 15) is 0 Å². The van der Waals surface area contributed by atoms with Crippen molar-refractivity contribution in [2.45, 2.75) is 0 Å². The van der Waals surface area contributed by atoms with Crippen LogP contribution in [0.4, 0.5) is 0 Å². The van der Waals surface area contributed by atoms with Crippen molar-refractivity contribution in [3.8, 4) is 114 Å². The Hall–Kier alpha value is -20.0. The molecule has 0 saturated carbocycles. The van der Waals surface area contributed by atoms with Gasteiger partial charge in [0.05, 0.1) is 66.2 Å². The first-order valence-electron chi connectivity index (χ1n) is 49.1. The molecule has 15 heteroatoms. The standard InChI is InChI=1S/C49H31N5.C43H27N5.C39H25N5/c1-4-14-32(15-5-1)47-50-48(33-16-6-2-7-17-33)52-49(51-47)36-25-24-35-29-38(27-26-34(35)28-36)54-44-23-13-11-21-40(44)42-30-41-39-20-10-12-22-43(39)53(45(41)31-46(42)54)37-18-8-3-9-19-37;1-4-15-29(16-5-1)41-44-42(30-17-6-2-7-18-30)46-43(45-41)48-36-23-13-12-22-33(36)34-26-35-39(27-38(34)48)47(31-19-8-3-9-20-31)37-25-24-28-14-10-11-21-32(28)40(35)37;1-4-14-26(15-5-1)37-40-38(27-16-6-2-7-17-27)42-39(41-37)44-34-23-13-11-21-30(34)32-24-31-29-20-10-12-22-33(29)43(35(31)25-36(32)44)28-18-8-3-9-19-28/h1-31H;1-27H;1-25H. The van der Waals surface area contributed by atoms with E-state index in [1.54, 1.807) is 0 Å². The van der Waals surface area contributed by atoms with Crippen LogP contribution in [0.1, 0.15) is 0 Å². The largest absolute Gasteiger partial charge is 0.309 e. The summed E-state index contributed by atoms with van der Waals surface area (Å²) in [5.74, 6) is 5.68. The number of nitrogens with zero attached hydrogens (tertiary/aromatic N) is 15. The summed E-state index contributed by atoms with van der Waals surface area (Å²) in [5, 5.41) is 19.2. The third-order valence-corrected chi connectivity index (χ3v) is 28.2. The zero-order chi connectivity index (χ0) is 96.2. The molecule has 0 amide bonds. The van der Waals surface area contributed by atoms with Crippen LogP contribution >= 0.6 is 0 Å². The van der Waals surface area contributed by atoms with Crippen molar-refractivity contribution in [1.82, 2.24) is 72.3 Å². The molecule has 15 nitrogen and oxygen atoms in total. The van der Waals surface area contributed by atoms with Crippen molar-refractivity contribution < 1.29 is 0 Å². The fraction of sp³-hybridized carbons (Fsp3) is 0. The minimum atomic E-state index is 0.584. The van der Waals surface area contributed by atoms with Gasteiger partial charge in [-0.15, -0.1) is 0 Å². The second-order valence-electron chi connectivity index (χ2n) is 36.8. The highest BCUT2D eigenvalue weighted by molar-refractivity contribution is 6.26. The number of rotatable bonds is 13. The predicted octanol–water partition coefficient (Wildman–Crippen LogP) is 32.2. The van der Waals surface area contributed by atoms with Gasteiger partial charge in [-0.25, -0.2) is 24.9 Å². The van der Waals surface area contributed by atoms with E-state index in [-0.39, 0.29) is 0 Å². The van der Waals surface area contributed by atoms with Gasteiger partial charge in [0.15, 0.2) is 40.8 Å². The van der Waals surface area contributed by atoms with Crippen LogP contribution in [0.3, 0.4) is 0 Å². The summed E-state index contributed by atoms with van der Waals surface area (Å²) in [6, 6.07) is 176. The highest BCUT2D eigenvalue weighted by atomic mass is 15.2. The monoisotopic (exact) mass is 1870 g/mol. The summed E-state index contributed by atoms with van der Waals surface area (Å²) in [6.07, 6.45) is 0. The Bertz CT molecular complexity index is 10200. The molecule has 0 atom stereocenters. The number of fused-ring (bicyclic) bond motifs is 21. The Kier molecular flexibility index (Phi) is 20.2. The average molecular weight is 1870 g/mol. The molecule has 146 heavy (non-hydrogen) atoms. The molecule has 0 aliphatic heterocycles. The van der Waals surface area contributed by atoms with E-state index >= 15 is 0 Å². The van der Waals surface area contributed by atoms with Gasteiger partial charge in [0, 0.05) is 126 Å². The van der Waals surface area contributed by atoms with E-state index in [0.717, 1.165) is 127 Å². The summed E-state index contributed by atoms with van der Waals surface area (Å²) in [6.45, 7) is 0. The Labute approximate surface area is 836 Å². The number of hydrogen-bond acceptors (Lipinski definition) is 9. The maximum Gasteiger partial charge on any atom is 0.238 e. The van der Waals surface area contributed by atoms with Gasteiger partial charge in [0.25, 0.3) is 0 Å². The molecule has 30 rings (SSSR count). The summed E-state index contributed by atoms with van der Waals surface area (Å²) < 4.78 is 13.9. The van der Waals surface area contributed by atoms with E-state index in [1.807, 2.05) is 182 Å². The minimum Gasteiger partial charge on any atom is -0.309 e. The number of aromatic nitrogens is 15. The molecule has 0 unspecified atom stereocenters. The van der Waals surface area contributed by atoms with Crippen molar-refractivity contribution >= 4 is 152 Å². The maximum absolute atomic E-state index is 5.15. The van der Waals surface area contributed by atoms with Gasteiger partial charge < -0.3 is 18.3 Å². The molecule has 0 spiro atoms. The third kappa shape index (κ3) is 14.4. The predicted molar refractivity (Wildman–Crippen MR) is 599 cm³/mol. The summed E-state index contributed by atoms with van der Waals surface area (Å²) >= 11 is 0. The lowest BCUT2D eigenvalue weighted by Gasteiger charge is -2.12. The third-order valence-electron chi connectivity index (χ3n) is 28.2. The van der Waals surface area contributed by atoms with Crippen LogP contribution in [-0.2, 0) is 0 Å². The van der Waals surface area contributed by atoms with Gasteiger partial charge >= 0.3 is 0 Å². The second-order valence-corrected chi connectivity index (χ2v) is 36.8. The molecule has 0 radical (unpaired) electrons. The normalized spacial score (nSPS) is 11.7. The van der Waals surface area contributed by atoms with Gasteiger partial charge in [-0.1, -0.05) is 376 Å². The molecule has 9 aromatic heterocycles. The van der Waals surface area contributed by atoms with Gasteiger partial charge in [-0.05, 0) is 149 Å². The topological polar surface area (TPSA) is 146 Å². The lowest BCUT2D eigenvalue weighted by Crippen LogP contribution is -2.06. The summed E-state index contributed by atoms with van der Waals surface area (Å²) in [7, 11) is 0. The molecule has 0 aliphatic carbocycles. The molecule has 30 aromatic rings. The molecule has 9 heterocycles. The maximum atomic E-state index is 5.15. The summed E-state index contributed by atoms with van der Waals surface area (Å²) in [5.41, 5.74) is 24.7. The van der Waals surface area contributed by atoms with Crippen LogP contribution in [0.5, 0.6) is 0 Å². The van der Waals surface area contributed by atoms with Crippen LogP contribution in [0.15, 0.2) is 504 Å². The molecule has 0 N–H and O–H groups in total. The first kappa shape index (κ1) is 84.1. The highest BCUT2D eigenvalue weighted by Crippen LogP contribution is 2.47. The van der Waals surface area contributed by atoms with E-state index in [0.29, 0.717) is 52.7 Å². The molecule has 0 bridgehead atoms. The highest BCUT2D eigenvalue weighted by Gasteiger charge is 2.28. The zero-order valence-electron chi connectivity index (χ0n) is 78.6. The van der Waals surface area contributed by atoms with Crippen molar-refractivity contribution in [2.75, 3.05) is 0 Å². The quantitative estimate of drug-likeness (QED) is 0.110. The van der Waals surface area contributed by atoms with E-state index in [4.69, 9.17) is 44.9 Å². The molecule has 0 aliphatic rings. The van der Waals surface area contributed by atoms with Crippen molar-refractivity contribution in [3.05, 3.63) is 504 Å². The van der Waals surface area contributed by atoms with Crippen LogP contribution in [-0.4, -0.2) is 72.3 Å². The smallest absolute Gasteiger partial charge is 0.238 e. The molecule has 682 valence electrons. The Morgan fingerprint density at radius 2 is 0.356 bits per heavy atom. The Morgan fingerprint density at radius 3 is 0.705 bits per heavy atom. The van der Waals surface area contributed by atoms with Crippen LogP contribution in [0.25, 0.3) is 267 Å². The fourth-order valence-corrected chi connectivity index (χ4v) is 21.6. The first-order valence-corrected chi connectivity index (χ1v) is 49.1. The van der Waals surface area contributed by atoms with Crippen molar-refractivity contribution in [1.29, 1.82) is 0 Å². The van der Waals surface area contributed by atoms with E-state index < -0.39 is 0 Å². The number of para-hydroxylation sites is 8. The van der Waals surface area contributed by atoms with Crippen LogP contribution < -0.4 is 0 Å². The van der Waals surface area contributed by atoms with Crippen LogP contribution in [0, 0.1) is 0 Å². The fourth-order valence-electron chi connectivity index (χ4n) is 21.6. The average Bonchev–Trinajstić information content (AvgIpc) is 1.58.